The van der Waals surface area contributed by atoms with Crippen LogP contribution in [-0.2, 0) is 12.4 Å². The van der Waals surface area contributed by atoms with Gasteiger partial charge in [0.25, 0.3) is 0 Å². The minimum absolute atomic E-state index is 0.0645. The van der Waals surface area contributed by atoms with Crippen LogP contribution in [0.15, 0.2) is 64.0 Å². The summed E-state index contributed by atoms with van der Waals surface area (Å²) in [5.41, 5.74) is 1.85. The molecule has 0 aliphatic carbocycles. The first-order valence-corrected chi connectivity index (χ1v) is 7.54. The lowest BCUT2D eigenvalue weighted by molar-refractivity contribution is 0.282. The van der Waals surface area contributed by atoms with Gasteiger partial charge in [0.2, 0.25) is 11.7 Å². The van der Waals surface area contributed by atoms with E-state index < -0.39 is 0 Å². The maximum Gasteiger partial charge on any atom is 0.237 e. The van der Waals surface area contributed by atoms with Crippen molar-refractivity contribution in [1.29, 1.82) is 0 Å². The summed E-state index contributed by atoms with van der Waals surface area (Å²) in [7, 11) is 0. The van der Waals surface area contributed by atoms with Crippen molar-refractivity contribution in [2.24, 2.45) is 0 Å². The number of benzene rings is 2. The standard InChI is InChI=1S/C16H14N2O2S/c19-10-12-6-8-14(9-7-12)21-11-15-17-16(18-20-15)13-4-2-1-3-5-13/h1-9,19H,10-11H2. The Bertz CT molecular complexity index is 696. The Balaban J connectivity index is 1.64. The van der Waals surface area contributed by atoms with Gasteiger partial charge in [-0.1, -0.05) is 47.6 Å². The molecule has 2 aromatic carbocycles. The van der Waals surface area contributed by atoms with Gasteiger partial charge in [-0.05, 0) is 17.7 Å². The van der Waals surface area contributed by atoms with Crippen LogP contribution in [0.4, 0.5) is 0 Å². The molecule has 0 saturated heterocycles. The molecule has 3 rings (SSSR count). The predicted octanol–water partition coefficient (Wildman–Crippen LogP) is 3.52. The third-order valence-corrected chi connectivity index (χ3v) is 3.97. The second-order valence-corrected chi connectivity index (χ2v) is 5.52. The summed E-state index contributed by atoms with van der Waals surface area (Å²) < 4.78 is 5.26. The van der Waals surface area contributed by atoms with Crippen molar-refractivity contribution in [3.63, 3.8) is 0 Å². The Morgan fingerprint density at radius 3 is 2.48 bits per heavy atom. The zero-order chi connectivity index (χ0) is 14.5. The molecule has 5 heteroatoms. The molecule has 0 aliphatic heterocycles. The first kappa shape index (κ1) is 13.9. The molecule has 0 amide bonds. The number of aromatic nitrogens is 2. The first-order valence-electron chi connectivity index (χ1n) is 6.56. The lowest BCUT2D eigenvalue weighted by Crippen LogP contribution is -1.84. The van der Waals surface area contributed by atoms with Gasteiger partial charge in [-0.25, -0.2) is 0 Å². The molecule has 1 N–H and O–H groups in total. The average Bonchev–Trinajstić information content (AvgIpc) is 3.03. The lowest BCUT2D eigenvalue weighted by atomic mass is 10.2. The number of nitrogens with zero attached hydrogens (tertiary/aromatic N) is 2. The number of hydrogen-bond acceptors (Lipinski definition) is 5. The van der Waals surface area contributed by atoms with E-state index in [-0.39, 0.29) is 6.61 Å². The average molecular weight is 298 g/mol. The summed E-state index contributed by atoms with van der Waals surface area (Å²) in [6, 6.07) is 17.5. The van der Waals surface area contributed by atoms with Crippen LogP contribution in [0, 0.1) is 0 Å². The minimum Gasteiger partial charge on any atom is -0.392 e. The fourth-order valence-electron chi connectivity index (χ4n) is 1.85. The van der Waals surface area contributed by atoms with Gasteiger partial charge in [0.1, 0.15) is 0 Å². The molecule has 4 nitrogen and oxygen atoms in total. The van der Waals surface area contributed by atoms with Crippen molar-refractivity contribution in [2.75, 3.05) is 0 Å². The molecule has 0 aliphatic rings. The maximum atomic E-state index is 9.01. The van der Waals surface area contributed by atoms with Gasteiger partial charge in [-0.3, -0.25) is 0 Å². The number of aliphatic hydroxyl groups is 1. The van der Waals surface area contributed by atoms with Crippen molar-refractivity contribution in [3.05, 3.63) is 66.1 Å². The largest absolute Gasteiger partial charge is 0.392 e. The van der Waals surface area contributed by atoms with Gasteiger partial charge in [0.15, 0.2) is 0 Å². The Labute approximate surface area is 126 Å². The normalized spacial score (nSPS) is 10.7. The van der Waals surface area contributed by atoms with E-state index in [1.165, 1.54) is 0 Å². The Morgan fingerprint density at radius 1 is 1.00 bits per heavy atom. The second-order valence-electron chi connectivity index (χ2n) is 4.47. The molecule has 0 radical (unpaired) electrons. The molecule has 0 fully saturated rings. The van der Waals surface area contributed by atoms with Crippen LogP contribution in [0.2, 0.25) is 0 Å². The van der Waals surface area contributed by atoms with Crippen molar-refractivity contribution < 1.29 is 9.63 Å². The van der Waals surface area contributed by atoms with Crippen molar-refractivity contribution in [1.82, 2.24) is 10.1 Å². The van der Waals surface area contributed by atoms with E-state index in [9.17, 15) is 0 Å². The van der Waals surface area contributed by atoms with Crippen LogP contribution in [0.25, 0.3) is 11.4 Å². The summed E-state index contributed by atoms with van der Waals surface area (Å²) in [6.45, 7) is 0.0645. The predicted molar refractivity (Wildman–Crippen MR) is 81.7 cm³/mol. The monoisotopic (exact) mass is 298 g/mol. The quantitative estimate of drug-likeness (QED) is 0.730. The zero-order valence-corrected chi connectivity index (χ0v) is 12.1. The van der Waals surface area contributed by atoms with Crippen molar-refractivity contribution in [3.8, 4) is 11.4 Å². The number of rotatable bonds is 5. The smallest absolute Gasteiger partial charge is 0.237 e. The minimum atomic E-state index is 0.0645. The fraction of sp³-hybridized carbons (Fsp3) is 0.125. The summed E-state index contributed by atoms with van der Waals surface area (Å²) in [5, 5.41) is 13.0. The molecule has 21 heavy (non-hydrogen) atoms. The van der Waals surface area contributed by atoms with Gasteiger partial charge >= 0.3 is 0 Å². The molecule has 0 unspecified atom stereocenters. The third-order valence-electron chi connectivity index (χ3n) is 2.97. The van der Waals surface area contributed by atoms with E-state index >= 15 is 0 Å². The molecule has 0 spiro atoms. The van der Waals surface area contributed by atoms with E-state index in [1.54, 1.807) is 11.8 Å². The number of thioether (sulfide) groups is 1. The van der Waals surface area contributed by atoms with E-state index in [0.29, 0.717) is 17.5 Å². The molecular formula is C16H14N2O2S. The lowest BCUT2D eigenvalue weighted by Gasteiger charge is -1.99. The van der Waals surface area contributed by atoms with Gasteiger partial charge in [0, 0.05) is 10.5 Å². The van der Waals surface area contributed by atoms with E-state index in [2.05, 4.69) is 10.1 Å². The molecule has 0 bridgehead atoms. The maximum absolute atomic E-state index is 9.01. The van der Waals surface area contributed by atoms with Crippen LogP contribution in [0.1, 0.15) is 11.5 Å². The topological polar surface area (TPSA) is 59.2 Å². The molecule has 1 aromatic heterocycles. The molecular weight excluding hydrogens is 284 g/mol. The highest BCUT2D eigenvalue weighted by Crippen LogP contribution is 2.23. The van der Waals surface area contributed by atoms with Crippen LogP contribution < -0.4 is 0 Å². The van der Waals surface area contributed by atoms with E-state index in [1.807, 2.05) is 54.6 Å². The van der Waals surface area contributed by atoms with Crippen LogP contribution >= 0.6 is 11.8 Å². The van der Waals surface area contributed by atoms with Gasteiger partial charge in [-0.15, -0.1) is 11.8 Å². The molecule has 3 aromatic rings. The highest BCUT2D eigenvalue weighted by Gasteiger charge is 2.08. The van der Waals surface area contributed by atoms with Crippen LogP contribution in [0.5, 0.6) is 0 Å². The Kier molecular flexibility index (Phi) is 4.33. The molecule has 0 atom stereocenters. The molecule has 106 valence electrons. The second kappa shape index (κ2) is 6.56. The summed E-state index contributed by atoms with van der Waals surface area (Å²) in [5.74, 6) is 1.84. The highest BCUT2D eigenvalue weighted by molar-refractivity contribution is 7.98. The van der Waals surface area contributed by atoms with Gasteiger partial charge in [-0.2, -0.15) is 4.98 Å². The third kappa shape index (κ3) is 3.51. The molecule has 0 saturated carbocycles. The summed E-state index contributed by atoms with van der Waals surface area (Å²) in [6.07, 6.45) is 0. The SMILES string of the molecule is OCc1ccc(SCc2nc(-c3ccccc3)no2)cc1. The van der Waals surface area contributed by atoms with Crippen molar-refractivity contribution >= 4 is 11.8 Å². The summed E-state index contributed by atoms with van der Waals surface area (Å²) >= 11 is 1.62. The summed E-state index contributed by atoms with van der Waals surface area (Å²) in [4.78, 5) is 5.49. The van der Waals surface area contributed by atoms with E-state index in [0.717, 1.165) is 16.0 Å². The highest BCUT2D eigenvalue weighted by atomic mass is 32.2. The first-order chi connectivity index (χ1) is 10.3. The Morgan fingerprint density at radius 2 is 1.76 bits per heavy atom. The van der Waals surface area contributed by atoms with Gasteiger partial charge in [0.05, 0.1) is 12.4 Å². The molecule has 1 heterocycles. The number of aliphatic hydroxyl groups excluding tert-OH is 1. The number of hydrogen-bond donors (Lipinski definition) is 1. The fourth-order valence-corrected chi connectivity index (χ4v) is 2.59. The van der Waals surface area contributed by atoms with Crippen LogP contribution in [0.3, 0.4) is 0 Å². The van der Waals surface area contributed by atoms with Crippen molar-refractivity contribution in [2.45, 2.75) is 17.3 Å². The van der Waals surface area contributed by atoms with E-state index in [4.69, 9.17) is 9.63 Å². The zero-order valence-electron chi connectivity index (χ0n) is 11.3. The van der Waals surface area contributed by atoms with Gasteiger partial charge < -0.3 is 9.63 Å². The Hall–Kier alpha value is -2.11. The van der Waals surface area contributed by atoms with Crippen LogP contribution in [-0.4, -0.2) is 15.2 Å².